The lowest BCUT2D eigenvalue weighted by Gasteiger charge is -2.14. The normalized spacial score (nSPS) is 11.4. The Bertz CT molecular complexity index is 323. The van der Waals surface area contributed by atoms with Crippen molar-refractivity contribution in [3.8, 4) is 0 Å². The zero-order valence-corrected chi connectivity index (χ0v) is 11.8. The Kier molecular flexibility index (Phi) is 9.81. The quantitative estimate of drug-likeness (QED) is 0.368. The van der Waals surface area contributed by atoms with Crippen molar-refractivity contribution in [2.45, 2.75) is 32.6 Å². The van der Waals surface area contributed by atoms with Crippen LogP contribution in [-0.2, 0) is 4.79 Å². The number of hydrogen-bond acceptors (Lipinski definition) is 3. The van der Waals surface area contributed by atoms with Crippen molar-refractivity contribution >= 4 is 18.0 Å². The van der Waals surface area contributed by atoms with Crippen LogP contribution in [0.1, 0.15) is 32.6 Å². The van der Waals surface area contributed by atoms with Gasteiger partial charge in [-0.1, -0.05) is 13.3 Å². The molecule has 0 fully saturated rings. The third-order valence-electron chi connectivity index (χ3n) is 2.89. The van der Waals surface area contributed by atoms with Gasteiger partial charge in [0.2, 0.25) is 0 Å². The third-order valence-corrected chi connectivity index (χ3v) is 2.89. The topological polar surface area (TPSA) is 134 Å². The Balaban J connectivity index is 3.62. The number of hydrogen-bond donors (Lipinski definition) is 5. The van der Waals surface area contributed by atoms with E-state index >= 15 is 0 Å². The lowest BCUT2D eigenvalue weighted by Crippen LogP contribution is -2.41. The van der Waals surface area contributed by atoms with Crippen molar-refractivity contribution in [3.05, 3.63) is 0 Å². The molecule has 0 aliphatic heterocycles. The smallest absolute Gasteiger partial charge is 0.314 e. The zero-order valence-electron chi connectivity index (χ0n) is 11.8. The van der Waals surface area contributed by atoms with Crippen LogP contribution in [-0.4, -0.2) is 42.8 Å². The van der Waals surface area contributed by atoms with Gasteiger partial charge in [-0.05, 0) is 18.8 Å². The monoisotopic (exact) mass is 288 g/mol. The van der Waals surface area contributed by atoms with E-state index < -0.39 is 12.0 Å². The number of amides is 4. The van der Waals surface area contributed by atoms with Gasteiger partial charge >= 0.3 is 18.0 Å². The first-order chi connectivity index (χ1) is 9.45. The van der Waals surface area contributed by atoms with Crippen molar-refractivity contribution in [3.63, 3.8) is 0 Å². The van der Waals surface area contributed by atoms with Crippen molar-refractivity contribution in [2.75, 3.05) is 19.6 Å². The number of carbonyl (C=O) groups is 3. The summed E-state index contributed by atoms with van der Waals surface area (Å²) in [4.78, 5) is 32.2. The van der Waals surface area contributed by atoms with Gasteiger partial charge in [-0.15, -0.1) is 0 Å². The van der Waals surface area contributed by atoms with E-state index in [0.29, 0.717) is 25.4 Å². The largest absolute Gasteiger partial charge is 0.481 e. The van der Waals surface area contributed by atoms with Crippen molar-refractivity contribution in [1.82, 2.24) is 16.0 Å². The van der Waals surface area contributed by atoms with Crippen LogP contribution < -0.4 is 21.7 Å². The average molecular weight is 288 g/mol. The first kappa shape index (κ1) is 18.0. The second-order valence-electron chi connectivity index (χ2n) is 4.47. The minimum atomic E-state index is -0.795. The van der Waals surface area contributed by atoms with Crippen molar-refractivity contribution in [2.24, 2.45) is 11.7 Å². The fraction of sp³-hybridized carbons (Fsp3) is 0.750. The Labute approximate surface area is 118 Å². The van der Waals surface area contributed by atoms with Crippen LogP contribution >= 0.6 is 0 Å². The van der Waals surface area contributed by atoms with E-state index in [0.717, 1.165) is 12.8 Å². The number of rotatable bonds is 10. The highest BCUT2D eigenvalue weighted by atomic mass is 16.4. The van der Waals surface area contributed by atoms with Gasteiger partial charge < -0.3 is 26.8 Å². The van der Waals surface area contributed by atoms with Crippen LogP contribution in [0, 0.1) is 5.92 Å². The standard InChI is InChI=1S/C12H24N4O4/c1-2-9(3-4-10(17)18)5-6-15-12(20)16-8-7-14-11(13)19/h9H,2-8H2,1H3,(H,17,18)(H3,13,14,19)(H2,15,16,20). The number of nitrogens with one attached hydrogen (secondary N) is 3. The fourth-order valence-electron chi connectivity index (χ4n) is 1.69. The summed E-state index contributed by atoms with van der Waals surface area (Å²) >= 11 is 0. The molecule has 0 saturated carbocycles. The molecule has 0 aromatic rings. The molecule has 0 radical (unpaired) electrons. The Morgan fingerprint density at radius 3 is 2.20 bits per heavy atom. The fourth-order valence-corrected chi connectivity index (χ4v) is 1.69. The maximum Gasteiger partial charge on any atom is 0.314 e. The first-order valence-corrected chi connectivity index (χ1v) is 6.72. The van der Waals surface area contributed by atoms with Crippen molar-refractivity contribution < 1.29 is 19.5 Å². The second-order valence-corrected chi connectivity index (χ2v) is 4.47. The molecule has 0 saturated heterocycles. The zero-order chi connectivity index (χ0) is 15.4. The van der Waals surface area contributed by atoms with Crippen LogP contribution in [0.25, 0.3) is 0 Å². The van der Waals surface area contributed by atoms with E-state index in [-0.39, 0.29) is 19.0 Å². The van der Waals surface area contributed by atoms with Gasteiger partial charge in [0.05, 0.1) is 0 Å². The van der Waals surface area contributed by atoms with Crippen molar-refractivity contribution in [1.29, 1.82) is 0 Å². The molecule has 8 nitrogen and oxygen atoms in total. The van der Waals surface area contributed by atoms with E-state index in [1.54, 1.807) is 0 Å². The highest BCUT2D eigenvalue weighted by molar-refractivity contribution is 5.74. The maximum atomic E-state index is 11.4. The number of aliphatic carboxylic acids is 1. The minimum absolute atomic E-state index is 0.156. The summed E-state index contributed by atoms with van der Waals surface area (Å²) in [5, 5.41) is 16.2. The molecule has 20 heavy (non-hydrogen) atoms. The highest BCUT2D eigenvalue weighted by Crippen LogP contribution is 2.14. The molecule has 0 rings (SSSR count). The van der Waals surface area contributed by atoms with Gasteiger partial charge in [0.1, 0.15) is 0 Å². The summed E-state index contributed by atoms with van der Waals surface area (Å²) in [6.07, 6.45) is 2.41. The summed E-state index contributed by atoms with van der Waals surface area (Å²) in [5.41, 5.74) is 4.87. The molecular weight excluding hydrogens is 264 g/mol. The molecule has 8 heteroatoms. The molecular formula is C12H24N4O4. The molecule has 6 N–H and O–H groups in total. The number of nitrogens with two attached hydrogens (primary N) is 1. The molecule has 0 aromatic heterocycles. The summed E-state index contributed by atoms with van der Waals surface area (Å²) < 4.78 is 0. The maximum absolute atomic E-state index is 11.4. The van der Waals surface area contributed by atoms with Crippen LogP contribution in [0.4, 0.5) is 9.59 Å². The van der Waals surface area contributed by atoms with Crippen LogP contribution in [0.5, 0.6) is 0 Å². The second kappa shape index (κ2) is 10.9. The molecule has 0 bridgehead atoms. The molecule has 0 heterocycles. The third kappa shape index (κ3) is 11.1. The SMILES string of the molecule is CCC(CCNC(=O)NCCNC(N)=O)CCC(=O)O. The van der Waals surface area contributed by atoms with Gasteiger partial charge in [0.15, 0.2) is 0 Å². The first-order valence-electron chi connectivity index (χ1n) is 6.72. The van der Waals surface area contributed by atoms with E-state index in [2.05, 4.69) is 16.0 Å². The lowest BCUT2D eigenvalue weighted by atomic mass is 9.97. The summed E-state index contributed by atoms with van der Waals surface area (Å²) in [6, 6.07) is -0.944. The van der Waals surface area contributed by atoms with E-state index in [4.69, 9.17) is 10.8 Å². The van der Waals surface area contributed by atoms with Crippen LogP contribution in [0.15, 0.2) is 0 Å². The number of carboxylic acid groups (broad SMARTS) is 1. The number of urea groups is 2. The summed E-state index contributed by atoms with van der Waals surface area (Å²) in [5.74, 6) is -0.501. The van der Waals surface area contributed by atoms with Gasteiger partial charge in [0.25, 0.3) is 0 Å². The molecule has 1 unspecified atom stereocenters. The molecule has 0 spiro atoms. The summed E-state index contributed by atoms with van der Waals surface area (Å²) in [6.45, 7) is 3.07. The number of carbonyl (C=O) groups excluding carboxylic acids is 2. The molecule has 4 amide bonds. The van der Waals surface area contributed by atoms with Crippen LogP contribution in [0.2, 0.25) is 0 Å². The molecule has 0 aliphatic rings. The van der Waals surface area contributed by atoms with E-state index in [9.17, 15) is 14.4 Å². The molecule has 0 aromatic carbocycles. The average Bonchev–Trinajstić information content (AvgIpc) is 2.38. The van der Waals surface area contributed by atoms with Gasteiger partial charge in [-0.25, -0.2) is 9.59 Å². The van der Waals surface area contributed by atoms with Gasteiger partial charge in [-0.2, -0.15) is 0 Å². The molecule has 0 aliphatic carbocycles. The number of carboxylic acids is 1. The minimum Gasteiger partial charge on any atom is -0.481 e. The summed E-state index contributed by atoms with van der Waals surface area (Å²) in [7, 11) is 0. The lowest BCUT2D eigenvalue weighted by molar-refractivity contribution is -0.137. The Hall–Kier alpha value is -1.99. The predicted molar refractivity (Wildman–Crippen MR) is 74.3 cm³/mol. The van der Waals surface area contributed by atoms with Gasteiger partial charge in [0, 0.05) is 26.1 Å². The van der Waals surface area contributed by atoms with E-state index in [1.807, 2.05) is 6.92 Å². The van der Waals surface area contributed by atoms with Crippen LogP contribution in [0.3, 0.4) is 0 Å². The van der Waals surface area contributed by atoms with E-state index in [1.165, 1.54) is 0 Å². The number of primary amides is 1. The van der Waals surface area contributed by atoms with Gasteiger partial charge in [-0.3, -0.25) is 4.79 Å². The highest BCUT2D eigenvalue weighted by Gasteiger charge is 2.09. The Morgan fingerprint density at radius 2 is 1.65 bits per heavy atom. The Morgan fingerprint density at radius 1 is 1.05 bits per heavy atom. The predicted octanol–water partition coefficient (Wildman–Crippen LogP) is 0.235. The molecule has 1 atom stereocenters. The molecule has 116 valence electrons.